The van der Waals surface area contributed by atoms with Crippen LogP contribution in [-0.2, 0) is 0 Å². The number of hydrogen-bond acceptors (Lipinski definition) is 4. The highest BCUT2D eigenvalue weighted by Crippen LogP contribution is 2.36. The van der Waals surface area contributed by atoms with Gasteiger partial charge in [-0.1, -0.05) is 0 Å². The summed E-state index contributed by atoms with van der Waals surface area (Å²) in [5.41, 5.74) is 1.48. The maximum absolute atomic E-state index is 13.0. The van der Waals surface area contributed by atoms with E-state index in [-0.39, 0.29) is 11.5 Å². The second-order valence-corrected chi connectivity index (χ2v) is 4.81. The Hall–Kier alpha value is -2.89. The first-order chi connectivity index (χ1) is 11.1. The van der Waals surface area contributed by atoms with Gasteiger partial charge in [-0.2, -0.15) is 8.78 Å². The number of alkyl halides is 2. The SMILES string of the molecule is COc1ccc(-c2oc(C(F)F)nc2-c2ccc(O)cc2)cc1. The van der Waals surface area contributed by atoms with Gasteiger partial charge in [-0.05, 0) is 48.5 Å². The van der Waals surface area contributed by atoms with Crippen LogP contribution in [0.25, 0.3) is 22.6 Å². The zero-order chi connectivity index (χ0) is 16.4. The molecule has 0 atom stereocenters. The summed E-state index contributed by atoms with van der Waals surface area (Å²) < 4.78 is 36.3. The monoisotopic (exact) mass is 317 g/mol. The van der Waals surface area contributed by atoms with Gasteiger partial charge in [0.2, 0.25) is 0 Å². The molecule has 118 valence electrons. The zero-order valence-electron chi connectivity index (χ0n) is 12.2. The van der Waals surface area contributed by atoms with Crippen molar-refractivity contribution in [2.45, 2.75) is 6.43 Å². The van der Waals surface area contributed by atoms with Crippen LogP contribution in [-0.4, -0.2) is 17.2 Å². The van der Waals surface area contributed by atoms with Gasteiger partial charge in [0.05, 0.1) is 7.11 Å². The van der Waals surface area contributed by atoms with Crippen molar-refractivity contribution in [3.05, 3.63) is 54.4 Å². The smallest absolute Gasteiger partial charge is 0.313 e. The van der Waals surface area contributed by atoms with Crippen molar-refractivity contribution >= 4 is 0 Å². The fraction of sp³-hybridized carbons (Fsp3) is 0.118. The van der Waals surface area contributed by atoms with E-state index in [1.165, 1.54) is 12.1 Å². The molecule has 4 nitrogen and oxygen atoms in total. The minimum absolute atomic E-state index is 0.0809. The highest BCUT2D eigenvalue weighted by atomic mass is 19.3. The number of aromatic hydroxyl groups is 1. The van der Waals surface area contributed by atoms with Gasteiger partial charge >= 0.3 is 6.43 Å². The minimum Gasteiger partial charge on any atom is -0.508 e. The molecule has 2 aromatic carbocycles. The van der Waals surface area contributed by atoms with Crippen LogP contribution < -0.4 is 4.74 Å². The molecule has 0 unspecified atom stereocenters. The molecular weight excluding hydrogens is 304 g/mol. The van der Waals surface area contributed by atoms with Crippen LogP contribution in [0.15, 0.2) is 52.9 Å². The van der Waals surface area contributed by atoms with E-state index < -0.39 is 12.3 Å². The summed E-state index contributed by atoms with van der Waals surface area (Å²) in [6.07, 6.45) is -2.81. The Morgan fingerprint density at radius 2 is 1.61 bits per heavy atom. The quantitative estimate of drug-likeness (QED) is 0.760. The van der Waals surface area contributed by atoms with Gasteiger partial charge < -0.3 is 14.3 Å². The molecule has 1 heterocycles. The van der Waals surface area contributed by atoms with Crippen LogP contribution >= 0.6 is 0 Å². The van der Waals surface area contributed by atoms with Crippen LogP contribution in [0.5, 0.6) is 11.5 Å². The van der Waals surface area contributed by atoms with Gasteiger partial charge in [-0.15, -0.1) is 0 Å². The lowest BCUT2D eigenvalue weighted by atomic mass is 10.1. The normalized spacial score (nSPS) is 11.0. The molecule has 0 bridgehead atoms. The average Bonchev–Trinajstić information content (AvgIpc) is 3.01. The Morgan fingerprint density at radius 3 is 2.17 bits per heavy atom. The van der Waals surface area contributed by atoms with Crippen molar-refractivity contribution in [3.8, 4) is 34.1 Å². The predicted molar refractivity (Wildman–Crippen MR) is 80.5 cm³/mol. The van der Waals surface area contributed by atoms with Gasteiger partial charge in [0.1, 0.15) is 17.2 Å². The summed E-state index contributed by atoms with van der Waals surface area (Å²) >= 11 is 0. The van der Waals surface area contributed by atoms with Crippen LogP contribution in [0.3, 0.4) is 0 Å². The fourth-order valence-corrected chi connectivity index (χ4v) is 2.18. The number of ether oxygens (including phenoxy) is 1. The first kappa shape index (κ1) is 15.0. The van der Waals surface area contributed by atoms with E-state index in [0.29, 0.717) is 22.6 Å². The number of phenols is 1. The molecule has 1 aromatic heterocycles. The second-order valence-electron chi connectivity index (χ2n) is 4.81. The van der Waals surface area contributed by atoms with Crippen molar-refractivity contribution in [1.29, 1.82) is 0 Å². The van der Waals surface area contributed by atoms with Crippen molar-refractivity contribution in [3.63, 3.8) is 0 Å². The van der Waals surface area contributed by atoms with Crippen molar-refractivity contribution < 1.29 is 23.0 Å². The van der Waals surface area contributed by atoms with Crippen LogP contribution in [0, 0.1) is 0 Å². The third kappa shape index (κ3) is 3.01. The molecule has 0 saturated heterocycles. The molecule has 3 aromatic rings. The topological polar surface area (TPSA) is 55.5 Å². The molecule has 0 fully saturated rings. The fourth-order valence-electron chi connectivity index (χ4n) is 2.18. The Labute approximate surface area is 131 Å². The Balaban J connectivity index is 2.12. The van der Waals surface area contributed by atoms with E-state index in [9.17, 15) is 13.9 Å². The molecule has 0 aliphatic rings. The number of benzene rings is 2. The first-order valence-electron chi connectivity index (χ1n) is 6.81. The van der Waals surface area contributed by atoms with Crippen molar-refractivity contribution in [1.82, 2.24) is 4.98 Å². The van der Waals surface area contributed by atoms with E-state index in [1.807, 2.05) is 0 Å². The van der Waals surface area contributed by atoms with Gasteiger partial charge in [0, 0.05) is 11.1 Å². The second kappa shape index (κ2) is 6.08. The van der Waals surface area contributed by atoms with E-state index in [0.717, 1.165) is 0 Å². The van der Waals surface area contributed by atoms with Crippen LogP contribution in [0.4, 0.5) is 8.78 Å². The molecule has 0 amide bonds. The zero-order valence-corrected chi connectivity index (χ0v) is 12.2. The summed E-state index contributed by atoms with van der Waals surface area (Å²) in [6, 6.07) is 12.9. The Morgan fingerprint density at radius 1 is 1.00 bits per heavy atom. The van der Waals surface area contributed by atoms with Gasteiger partial charge in [-0.3, -0.25) is 0 Å². The predicted octanol–water partition coefficient (Wildman–Crippen LogP) is 4.66. The molecule has 1 N–H and O–H groups in total. The Kier molecular flexibility index (Phi) is 3.97. The number of oxazole rings is 1. The van der Waals surface area contributed by atoms with E-state index in [2.05, 4.69) is 4.98 Å². The number of hydrogen-bond donors (Lipinski definition) is 1. The standard InChI is InChI=1S/C17H13F2NO3/c1-22-13-8-4-11(5-9-13)15-14(20-17(23-15)16(18)19)10-2-6-12(21)7-3-10/h2-9,16,21H,1H3. The largest absolute Gasteiger partial charge is 0.508 e. The molecule has 23 heavy (non-hydrogen) atoms. The Bertz CT molecular complexity index is 796. The average molecular weight is 317 g/mol. The van der Waals surface area contributed by atoms with Gasteiger partial charge in [0.15, 0.2) is 5.76 Å². The third-order valence-electron chi connectivity index (χ3n) is 3.32. The number of halogens is 2. The third-order valence-corrected chi connectivity index (χ3v) is 3.32. The van der Waals surface area contributed by atoms with Crippen LogP contribution in [0.2, 0.25) is 0 Å². The highest BCUT2D eigenvalue weighted by Gasteiger charge is 2.22. The molecule has 3 rings (SSSR count). The lowest BCUT2D eigenvalue weighted by Gasteiger charge is -2.03. The maximum atomic E-state index is 13.0. The molecule has 0 aliphatic carbocycles. The number of aromatic nitrogens is 1. The van der Waals surface area contributed by atoms with Crippen molar-refractivity contribution in [2.24, 2.45) is 0 Å². The highest BCUT2D eigenvalue weighted by molar-refractivity contribution is 5.77. The number of methoxy groups -OCH3 is 1. The molecule has 0 radical (unpaired) electrons. The molecule has 0 aliphatic heterocycles. The summed E-state index contributed by atoms with van der Waals surface area (Å²) in [4.78, 5) is 3.90. The molecule has 6 heteroatoms. The van der Waals surface area contributed by atoms with E-state index >= 15 is 0 Å². The van der Waals surface area contributed by atoms with Gasteiger partial charge in [-0.25, -0.2) is 4.98 Å². The first-order valence-corrected chi connectivity index (χ1v) is 6.81. The number of rotatable bonds is 4. The summed E-state index contributed by atoms with van der Waals surface area (Å²) in [6.45, 7) is 0. The van der Waals surface area contributed by atoms with Crippen molar-refractivity contribution in [2.75, 3.05) is 7.11 Å². The number of phenolic OH excluding ortho intramolecular Hbond substituents is 1. The number of nitrogens with zero attached hydrogens (tertiary/aromatic N) is 1. The van der Waals surface area contributed by atoms with E-state index in [1.54, 1.807) is 43.5 Å². The van der Waals surface area contributed by atoms with Gasteiger partial charge in [0.25, 0.3) is 5.89 Å². The maximum Gasteiger partial charge on any atom is 0.313 e. The molecule has 0 saturated carbocycles. The summed E-state index contributed by atoms with van der Waals surface area (Å²) in [5, 5.41) is 9.36. The van der Waals surface area contributed by atoms with E-state index in [4.69, 9.17) is 9.15 Å². The lowest BCUT2D eigenvalue weighted by Crippen LogP contribution is -1.85. The minimum atomic E-state index is -2.81. The molecular formula is C17H13F2NO3. The van der Waals surface area contributed by atoms with Crippen LogP contribution in [0.1, 0.15) is 12.3 Å². The molecule has 0 spiro atoms. The lowest BCUT2D eigenvalue weighted by molar-refractivity contribution is 0.116. The summed E-state index contributed by atoms with van der Waals surface area (Å²) in [7, 11) is 1.54. The summed E-state index contributed by atoms with van der Waals surface area (Å²) in [5.74, 6) is 0.332.